The predicted octanol–water partition coefficient (Wildman–Crippen LogP) is 2.90. The van der Waals surface area contributed by atoms with E-state index in [1.54, 1.807) is 6.26 Å². The lowest BCUT2D eigenvalue weighted by atomic mass is 10.1. The number of halogens is 1. The monoisotopic (exact) mass is 273 g/mol. The van der Waals surface area contributed by atoms with Crippen LogP contribution in [0.1, 0.15) is 24.5 Å². The summed E-state index contributed by atoms with van der Waals surface area (Å²) in [6.07, 6.45) is 2.67. The largest absolute Gasteiger partial charge is 0.313 e. The van der Waals surface area contributed by atoms with E-state index in [2.05, 4.69) is 11.4 Å². The molecule has 0 aliphatic rings. The minimum Gasteiger partial charge on any atom is -0.313 e. The lowest BCUT2D eigenvalue weighted by Gasteiger charge is -2.10. The highest BCUT2D eigenvalue weighted by Crippen LogP contribution is 2.17. The van der Waals surface area contributed by atoms with Crippen LogP contribution in [0, 0.1) is 6.92 Å². The maximum absolute atomic E-state index is 11.2. The molecule has 1 aromatic carbocycles. The minimum atomic E-state index is -0.732. The molecule has 0 spiro atoms. The van der Waals surface area contributed by atoms with E-state index < -0.39 is 10.8 Å². The number of rotatable bonds is 6. The molecule has 1 rings (SSSR count). The van der Waals surface area contributed by atoms with Crippen LogP contribution in [-0.2, 0) is 17.3 Å². The predicted molar refractivity (Wildman–Crippen MR) is 76.0 cm³/mol. The van der Waals surface area contributed by atoms with E-state index >= 15 is 0 Å². The normalized spacial score (nSPS) is 14.6. The summed E-state index contributed by atoms with van der Waals surface area (Å²) in [6.45, 7) is 5.67. The summed E-state index contributed by atoms with van der Waals surface area (Å²) >= 11 is 6.13. The van der Waals surface area contributed by atoms with E-state index in [0.29, 0.717) is 0 Å². The van der Waals surface area contributed by atoms with E-state index in [1.807, 2.05) is 26.0 Å². The van der Waals surface area contributed by atoms with Crippen LogP contribution >= 0.6 is 11.6 Å². The van der Waals surface area contributed by atoms with Crippen LogP contribution in [0.25, 0.3) is 0 Å². The van der Waals surface area contributed by atoms with Gasteiger partial charge >= 0.3 is 0 Å². The van der Waals surface area contributed by atoms with Crippen LogP contribution in [0.4, 0.5) is 0 Å². The van der Waals surface area contributed by atoms with Crippen molar-refractivity contribution in [2.75, 3.05) is 12.8 Å². The van der Waals surface area contributed by atoms with Gasteiger partial charge in [-0.15, -0.1) is 0 Å². The summed E-state index contributed by atoms with van der Waals surface area (Å²) in [6, 6.07) is 6.08. The Morgan fingerprint density at radius 1 is 1.47 bits per heavy atom. The zero-order valence-electron chi connectivity index (χ0n) is 10.6. The number of nitrogens with one attached hydrogen (secondary N) is 1. The maximum atomic E-state index is 11.2. The first kappa shape index (κ1) is 14.7. The van der Waals surface area contributed by atoms with Gasteiger partial charge in [-0.25, -0.2) is 0 Å². The first-order chi connectivity index (χ1) is 8.00. The molecule has 0 fully saturated rings. The van der Waals surface area contributed by atoms with Crippen LogP contribution in [0.15, 0.2) is 18.2 Å². The molecule has 0 bridgehead atoms. The first-order valence-corrected chi connectivity index (χ1v) is 7.78. The molecule has 17 heavy (non-hydrogen) atoms. The van der Waals surface area contributed by atoms with E-state index in [4.69, 9.17) is 11.6 Å². The second-order valence-corrected chi connectivity index (χ2v) is 6.58. The first-order valence-electron chi connectivity index (χ1n) is 5.78. The molecule has 0 heterocycles. The van der Waals surface area contributed by atoms with Gasteiger partial charge in [-0.2, -0.15) is 0 Å². The molecule has 2 unspecified atom stereocenters. The van der Waals surface area contributed by atoms with Crippen molar-refractivity contribution >= 4 is 22.4 Å². The van der Waals surface area contributed by atoms with Gasteiger partial charge in [-0.1, -0.05) is 30.7 Å². The van der Waals surface area contributed by atoms with Gasteiger partial charge in [-0.05, 0) is 37.1 Å². The van der Waals surface area contributed by atoms with Gasteiger partial charge < -0.3 is 5.32 Å². The summed E-state index contributed by atoms with van der Waals surface area (Å²) in [4.78, 5) is 0. The van der Waals surface area contributed by atoms with Crippen molar-refractivity contribution in [1.82, 2.24) is 5.32 Å². The van der Waals surface area contributed by atoms with Crippen LogP contribution in [0.3, 0.4) is 0 Å². The van der Waals surface area contributed by atoms with Crippen LogP contribution in [-0.4, -0.2) is 22.3 Å². The van der Waals surface area contributed by atoms with Crippen molar-refractivity contribution < 1.29 is 4.21 Å². The molecular weight excluding hydrogens is 254 g/mol. The van der Waals surface area contributed by atoms with Gasteiger partial charge in [0, 0.05) is 33.9 Å². The fraction of sp³-hybridized carbons (Fsp3) is 0.538. The Morgan fingerprint density at radius 2 is 2.18 bits per heavy atom. The van der Waals surface area contributed by atoms with Crippen molar-refractivity contribution in [3.8, 4) is 0 Å². The molecule has 1 N–H and O–H groups in total. The van der Waals surface area contributed by atoms with E-state index in [-0.39, 0.29) is 5.25 Å². The smallest absolute Gasteiger partial charge is 0.0453 e. The summed E-state index contributed by atoms with van der Waals surface area (Å²) in [5.74, 6) is 0. The molecule has 2 atom stereocenters. The van der Waals surface area contributed by atoms with Crippen molar-refractivity contribution in [1.29, 1.82) is 0 Å². The summed E-state index contributed by atoms with van der Waals surface area (Å²) in [5.41, 5.74) is 2.29. The second-order valence-electron chi connectivity index (χ2n) is 4.37. The highest BCUT2D eigenvalue weighted by Gasteiger charge is 2.05. The fourth-order valence-electron chi connectivity index (χ4n) is 1.49. The molecule has 0 aromatic heterocycles. The standard InChI is InChI=1S/C13H20ClNOS/c1-10-4-5-12(13(14)8-10)9-15-7-6-11(2)17(3)16/h4-5,8,11,15H,6-7,9H2,1-3H3. The number of aryl methyl sites for hydroxylation is 1. The Hall–Kier alpha value is -0.380. The summed E-state index contributed by atoms with van der Waals surface area (Å²) in [7, 11) is -0.732. The van der Waals surface area contributed by atoms with E-state index in [0.717, 1.165) is 30.1 Å². The van der Waals surface area contributed by atoms with Crippen LogP contribution in [0.5, 0.6) is 0 Å². The van der Waals surface area contributed by atoms with Gasteiger partial charge in [0.15, 0.2) is 0 Å². The SMILES string of the molecule is Cc1ccc(CNCCC(C)S(C)=O)c(Cl)c1. The Balaban J connectivity index is 2.34. The Kier molecular flexibility index (Phi) is 6.17. The average Bonchev–Trinajstić information content (AvgIpc) is 2.26. The average molecular weight is 274 g/mol. The van der Waals surface area contributed by atoms with Crippen molar-refractivity contribution in [2.24, 2.45) is 0 Å². The van der Waals surface area contributed by atoms with E-state index in [9.17, 15) is 4.21 Å². The molecule has 0 radical (unpaired) electrons. The van der Waals surface area contributed by atoms with Crippen molar-refractivity contribution in [2.45, 2.75) is 32.1 Å². The molecular formula is C13H20ClNOS. The van der Waals surface area contributed by atoms with Gasteiger partial charge in [0.05, 0.1) is 0 Å². The molecule has 0 aliphatic carbocycles. The summed E-state index contributed by atoms with van der Waals surface area (Å²) < 4.78 is 11.2. The third-order valence-electron chi connectivity index (χ3n) is 2.82. The molecule has 2 nitrogen and oxygen atoms in total. The second kappa shape index (κ2) is 7.14. The quantitative estimate of drug-likeness (QED) is 0.808. The Morgan fingerprint density at radius 3 is 2.76 bits per heavy atom. The van der Waals surface area contributed by atoms with Crippen molar-refractivity contribution in [3.63, 3.8) is 0 Å². The number of hydrogen-bond donors (Lipinski definition) is 1. The van der Waals surface area contributed by atoms with Crippen molar-refractivity contribution in [3.05, 3.63) is 34.3 Å². The molecule has 0 amide bonds. The number of hydrogen-bond acceptors (Lipinski definition) is 2. The zero-order valence-corrected chi connectivity index (χ0v) is 12.2. The molecule has 0 saturated carbocycles. The fourth-order valence-corrected chi connectivity index (χ4v) is 2.24. The Bertz CT molecular complexity index is 395. The molecule has 0 saturated heterocycles. The highest BCUT2D eigenvalue weighted by molar-refractivity contribution is 7.84. The van der Waals surface area contributed by atoms with Gasteiger partial charge in [-0.3, -0.25) is 4.21 Å². The topological polar surface area (TPSA) is 29.1 Å². The Labute approximate surface area is 111 Å². The van der Waals surface area contributed by atoms with E-state index in [1.165, 1.54) is 5.56 Å². The lowest BCUT2D eigenvalue weighted by Crippen LogP contribution is -2.21. The maximum Gasteiger partial charge on any atom is 0.0453 e. The van der Waals surface area contributed by atoms with Gasteiger partial charge in [0.25, 0.3) is 0 Å². The van der Waals surface area contributed by atoms with Gasteiger partial charge in [0.1, 0.15) is 0 Å². The lowest BCUT2D eigenvalue weighted by molar-refractivity contribution is 0.629. The zero-order chi connectivity index (χ0) is 12.8. The highest BCUT2D eigenvalue weighted by atomic mass is 35.5. The third kappa shape index (κ3) is 5.19. The molecule has 1 aromatic rings. The molecule has 4 heteroatoms. The number of benzene rings is 1. The minimum absolute atomic E-state index is 0.246. The molecule has 0 aliphatic heterocycles. The van der Waals surface area contributed by atoms with Gasteiger partial charge in [0.2, 0.25) is 0 Å². The summed E-state index contributed by atoms with van der Waals surface area (Å²) in [5, 5.41) is 4.38. The van der Waals surface area contributed by atoms with Crippen LogP contribution < -0.4 is 5.32 Å². The molecule has 96 valence electrons. The third-order valence-corrected chi connectivity index (χ3v) is 4.54. The van der Waals surface area contributed by atoms with Crippen LogP contribution in [0.2, 0.25) is 5.02 Å².